The Labute approximate surface area is 296 Å². The van der Waals surface area contributed by atoms with E-state index in [1.54, 1.807) is 4.68 Å². The quantitative estimate of drug-likeness (QED) is 0.0933. The first-order valence-corrected chi connectivity index (χ1v) is 21.3. The minimum Gasteiger partial charge on any atom is -0.444 e. The predicted molar refractivity (Wildman–Crippen MR) is 200 cm³/mol. The molecule has 14 heteroatoms. The van der Waals surface area contributed by atoms with Crippen LogP contribution in [-0.4, -0.2) is 102 Å². The number of anilines is 2. The molecule has 1 unspecified atom stereocenters. The van der Waals surface area contributed by atoms with Gasteiger partial charge in [-0.05, 0) is 50.9 Å². The number of pyridine rings is 1. The standard InChI is InChI=1S/C36H53N9O4Si/c1-36(2,3)49-35(46)38-16-15-29(27-11-8-7-9-12-27)40-31-14-10-13-30(41-31)32-28-25-39-34(37-17-18-44-19-21-47-22-20-44)42-33(28)45(43-32)26-48-23-24-50(4,5)6/h7-14,25,29H,15-24,26H2,1-6H3,(H,38,46)(H,40,41)(H,37,39,42). The largest absolute Gasteiger partial charge is 0.444 e. The molecule has 3 N–H and O–H groups in total. The zero-order chi connectivity index (χ0) is 35.6. The van der Waals surface area contributed by atoms with Gasteiger partial charge in [-0.3, -0.25) is 4.90 Å². The molecule has 4 aromatic rings. The topological polar surface area (TPSA) is 141 Å². The van der Waals surface area contributed by atoms with E-state index in [0.717, 1.165) is 56.4 Å². The van der Waals surface area contributed by atoms with Crippen LogP contribution < -0.4 is 16.0 Å². The molecule has 0 radical (unpaired) electrons. The van der Waals surface area contributed by atoms with Crippen molar-refractivity contribution >= 4 is 37.0 Å². The number of carbonyl (C=O) groups is 1. The van der Waals surface area contributed by atoms with Gasteiger partial charge in [0.15, 0.2) is 5.65 Å². The summed E-state index contributed by atoms with van der Waals surface area (Å²) in [6, 6.07) is 16.9. The van der Waals surface area contributed by atoms with Crippen LogP contribution in [0.1, 0.15) is 38.8 Å². The van der Waals surface area contributed by atoms with E-state index in [9.17, 15) is 4.79 Å². The Balaban J connectivity index is 1.35. The van der Waals surface area contributed by atoms with Gasteiger partial charge in [0, 0.05) is 53.6 Å². The third kappa shape index (κ3) is 11.5. The second-order valence-corrected chi connectivity index (χ2v) is 20.4. The lowest BCUT2D eigenvalue weighted by atomic mass is 10.0. The molecule has 1 aliphatic heterocycles. The SMILES string of the molecule is CC(C)(C)OC(=O)NCCC(Nc1cccc(-c2nn(COCC[Si](C)(C)C)c3nc(NCCN4CCOCC4)ncc23)n1)c1ccccc1. The highest BCUT2D eigenvalue weighted by molar-refractivity contribution is 6.76. The maximum Gasteiger partial charge on any atom is 0.407 e. The minimum absolute atomic E-state index is 0.114. The van der Waals surface area contributed by atoms with Crippen LogP contribution in [0.4, 0.5) is 16.6 Å². The number of nitrogens with one attached hydrogen (secondary N) is 3. The van der Waals surface area contributed by atoms with Gasteiger partial charge in [0.05, 0.1) is 30.3 Å². The molecule has 1 aliphatic rings. The van der Waals surface area contributed by atoms with Crippen LogP contribution in [0.5, 0.6) is 0 Å². The highest BCUT2D eigenvalue weighted by atomic mass is 28.3. The van der Waals surface area contributed by atoms with E-state index in [1.165, 1.54) is 0 Å². The first kappa shape index (κ1) is 37.1. The van der Waals surface area contributed by atoms with Crippen molar-refractivity contribution in [1.82, 2.24) is 34.9 Å². The van der Waals surface area contributed by atoms with Gasteiger partial charge in [-0.2, -0.15) is 10.1 Å². The Morgan fingerprint density at radius 3 is 2.54 bits per heavy atom. The number of amides is 1. The molecule has 5 rings (SSSR count). The Morgan fingerprint density at radius 1 is 1.02 bits per heavy atom. The van der Waals surface area contributed by atoms with Crippen LogP contribution in [-0.2, 0) is 20.9 Å². The Morgan fingerprint density at radius 2 is 1.80 bits per heavy atom. The second kappa shape index (κ2) is 17.2. The number of carbonyl (C=O) groups excluding carboxylic acids is 1. The van der Waals surface area contributed by atoms with E-state index >= 15 is 0 Å². The molecule has 13 nitrogen and oxygen atoms in total. The van der Waals surface area contributed by atoms with Crippen molar-refractivity contribution in [1.29, 1.82) is 0 Å². The fraction of sp³-hybridized carbons (Fsp3) is 0.528. The third-order valence-corrected chi connectivity index (χ3v) is 9.83. The van der Waals surface area contributed by atoms with Crippen molar-refractivity contribution in [3.63, 3.8) is 0 Å². The predicted octanol–water partition coefficient (Wildman–Crippen LogP) is 6.01. The highest BCUT2D eigenvalue weighted by Crippen LogP contribution is 2.29. The van der Waals surface area contributed by atoms with E-state index in [2.05, 4.69) is 57.6 Å². The van der Waals surface area contributed by atoms with Gasteiger partial charge >= 0.3 is 6.09 Å². The van der Waals surface area contributed by atoms with Gasteiger partial charge in [0.1, 0.15) is 23.8 Å². The summed E-state index contributed by atoms with van der Waals surface area (Å²) in [7, 11) is -1.25. The van der Waals surface area contributed by atoms with Crippen LogP contribution in [0.3, 0.4) is 0 Å². The molecule has 0 aliphatic carbocycles. The first-order chi connectivity index (χ1) is 23.9. The van der Waals surface area contributed by atoms with Crippen LogP contribution in [0, 0.1) is 0 Å². The molecule has 1 atom stereocenters. The normalized spacial score (nSPS) is 14.8. The monoisotopic (exact) mass is 703 g/mol. The van der Waals surface area contributed by atoms with E-state index in [1.807, 2.05) is 63.4 Å². The Kier molecular flexibility index (Phi) is 12.8. The molecular weight excluding hydrogens is 651 g/mol. The number of benzene rings is 1. The van der Waals surface area contributed by atoms with Gasteiger partial charge < -0.3 is 30.2 Å². The lowest BCUT2D eigenvalue weighted by Gasteiger charge is -2.26. The number of rotatable bonds is 16. The summed E-state index contributed by atoms with van der Waals surface area (Å²) in [5.74, 6) is 1.24. The lowest BCUT2D eigenvalue weighted by molar-refractivity contribution is 0.0398. The molecule has 3 aromatic heterocycles. The van der Waals surface area contributed by atoms with Gasteiger partial charge in [-0.15, -0.1) is 0 Å². The lowest BCUT2D eigenvalue weighted by Crippen LogP contribution is -2.39. The number of fused-ring (bicyclic) bond motifs is 1. The van der Waals surface area contributed by atoms with Crippen molar-refractivity contribution in [2.75, 3.05) is 63.2 Å². The smallest absolute Gasteiger partial charge is 0.407 e. The average Bonchev–Trinajstić information content (AvgIpc) is 3.44. The summed E-state index contributed by atoms with van der Waals surface area (Å²) in [5.41, 5.74) is 2.58. The number of morpholine rings is 1. The zero-order valence-corrected chi connectivity index (χ0v) is 31.4. The number of alkyl carbamates (subject to hydrolysis) is 1. The first-order valence-electron chi connectivity index (χ1n) is 17.5. The number of aromatic nitrogens is 5. The van der Waals surface area contributed by atoms with Crippen molar-refractivity contribution in [2.24, 2.45) is 0 Å². The number of ether oxygens (including phenoxy) is 3. The fourth-order valence-electron chi connectivity index (χ4n) is 5.47. The zero-order valence-electron chi connectivity index (χ0n) is 30.4. The number of hydrogen-bond donors (Lipinski definition) is 3. The Hall–Kier alpha value is -4.11. The van der Waals surface area contributed by atoms with Gasteiger partial charge in [0.25, 0.3) is 0 Å². The van der Waals surface area contributed by atoms with Gasteiger partial charge in [0.2, 0.25) is 5.95 Å². The highest BCUT2D eigenvalue weighted by Gasteiger charge is 2.20. The van der Waals surface area contributed by atoms with Crippen LogP contribution in [0.25, 0.3) is 22.4 Å². The van der Waals surface area contributed by atoms with Gasteiger partial charge in [-0.25, -0.2) is 19.4 Å². The van der Waals surface area contributed by atoms with Crippen molar-refractivity contribution in [3.8, 4) is 11.4 Å². The van der Waals surface area contributed by atoms with Crippen LogP contribution >= 0.6 is 0 Å². The second-order valence-electron chi connectivity index (χ2n) is 14.7. The van der Waals surface area contributed by atoms with E-state index in [4.69, 9.17) is 29.3 Å². The summed E-state index contributed by atoms with van der Waals surface area (Å²) in [5, 5.41) is 15.6. The van der Waals surface area contributed by atoms with Crippen LogP contribution in [0.2, 0.25) is 25.7 Å². The molecule has 50 heavy (non-hydrogen) atoms. The summed E-state index contributed by atoms with van der Waals surface area (Å²) < 4.78 is 18.8. The molecule has 0 saturated carbocycles. The molecule has 0 spiro atoms. The maximum atomic E-state index is 12.3. The summed E-state index contributed by atoms with van der Waals surface area (Å²) in [6.45, 7) is 19.0. The summed E-state index contributed by atoms with van der Waals surface area (Å²) >= 11 is 0. The number of hydrogen-bond acceptors (Lipinski definition) is 11. The maximum absolute atomic E-state index is 12.3. The summed E-state index contributed by atoms with van der Waals surface area (Å²) in [6.07, 6.45) is 2.00. The van der Waals surface area contributed by atoms with E-state index in [0.29, 0.717) is 48.4 Å². The molecule has 270 valence electrons. The molecule has 1 aromatic carbocycles. The molecule has 0 bridgehead atoms. The fourth-order valence-corrected chi connectivity index (χ4v) is 6.23. The molecule has 1 amide bonds. The molecule has 1 saturated heterocycles. The van der Waals surface area contributed by atoms with Gasteiger partial charge in [-0.1, -0.05) is 56.0 Å². The molecular formula is C36H53N9O4Si. The third-order valence-electron chi connectivity index (χ3n) is 8.13. The van der Waals surface area contributed by atoms with E-state index < -0.39 is 19.8 Å². The molecule has 1 fully saturated rings. The Bertz CT molecular complexity index is 1670. The van der Waals surface area contributed by atoms with Crippen molar-refractivity contribution in [3.05, 3.63) is 60.3 Å². The minimum atomic E-state index is -1.25. The number of nitrogens with zero attached hydrogens (tertiary/aromatic N) is 6. The van der Waals surface area contributed by atoms with Crippen molar-refractivity contribution < 1.29 is 19.0 Å². The van der Waals surface area contributed by atoms with E-state index in [-0.39, 0.29) is 12.8 Å². The van der Waals surface area contributed by atoms with Crippen molar-refractivity contribution in [2.45, 2.75) is 71.3 Å². The van der Waals surface area contributed by atoms with Crippen LogP contribution in [0.15, 0.2) is 54.7 Å². The average molecular weight is 704 g/mol. The summed E-state index contributed by atoms with van der Waals surface area (Å²) in [4.78, 5) is 29.2. The molecule has 4 heterocycles.